The molecular formula is C12H15N3O3. The molecule has 1 aromatic carbocycles. The number of carbonyl (C=O) groups excluding carboxylic acids is 1. The van der Waals surface area contributed by atoms with Gasteiger partial charge in [-0.05, 0) is 18.9 Å². The van der Waals surface area contributed by atoms with E-state index in [-0.39, 0.29) is 29.2 Å². The fourth-order valence-electron chi connectivity index (χ4n) is 2.28. The molecule has 0 aliphatic heterocycles. The lowest BCUT2D eigenvalue weighted by Crippen LogP contribution is -2.34. The number of carbonyl (C=O) groups is 1. The largest absolute Gasteiger partial charge is 0.327 e. The molecule has 0 bridgehead atoms. The molecule has 1 aromatic rings. The third-order valence-corrected chi connectivity index (χ3v) is 3.26. The van der Waals surface area contributed by atoms with Crippen LogP contribution in [0.25, 0.3) is 0 Å². The molecule has 18 heavy (non-hydrogen) atoms. The highest BCUT2D eigenvalue weighted by atomic mass is 16.6. The van der Waals surface area contributed by atoms with Crippen molar-refractivity contribution < 1.29 is 9.72 Å². The molecule has 6 heteroatoms. The van der Waals surface area contributed by atoms with Crippen LogP contribution in [0.3, 0.4) is 0 Å². The molecule has 6 nitrogen and oxygen atoms in total. The van der Waals surface area contributed by atoms with Gasteiger partial charge in [0.25, 0.3) is 5.69 Å². The van der Waals surface area contributed by atoms with Crippen LogP contribution in [0, 0.1) is 16.0 Å². The predicted molar refractivity (Wildman–Crippen MR) is 67.0 cm³/mol. The molecule has 2 unspecified atom stereocenters. The third-order valence-electron chi connectivity index (χ3n) is 3.26. The summed E-state index contributed by atoms with van der Waals surface area (Å²) in [6, 6.07) is 5.96. The molecule has 2 atom stereocenters. The number of nitrogens with zero attached hydrogens (tertiary/aromatic N) is 1. The first-order valence-corrected chi connectivity index (χ1v) is 5.89. The summed E-state index contributed by atoms with van der Waals surface area (Å²) in [5.41, 5.74) is 5.97. The maximum absolute atomic E-state index is 12.0. The Morgan fingerprint density at radius 2 is 2.11 bits per heavy atom. The van der Waals surface area contributed by atoms with Crippen LogP contribution in [0.5, 0.6) is 0 Å². The summed E-state index contributed by atoms with van der Waals surface area (Å²) in [6.07, 6.45) is 2.50. The summed E-state index contributed by atoms with van der Waals surface area (Å²) in [7, 11) is 0. The number of nitrogens with one attached hydrogen (secondary N) is 1. The third kappa shape index (κ3) is 2.48. The van der Waals surface area contributed by atoms with Crippen molar-refractivity contribution in [2.75, 3.05) is 5.32 Å². The van der Waals surface area contributed by atoms with Gasteiger partial charge in [0.05, 0.1) is 10.8 Å². The predicted octanol–water partition coefficient (Wildman–Crippen LogP) is 1.66. The number of benzene rings is 1. The van der Waals surface area contributed by atoms with Gasteiger partial charge in [0.2, 0.25) is 5.91 Å². The maximum Gasteiger partial charge on any atom is 0.292 e. The van der Waals surface area contributed by atoms with Crippen molar-refractivity contribution in [2.24, 2.45) is 11.7 Å². The van der Waals surface area contributed by atoms with Gasteiger partial charge in [-0.3, -0.25) is 14.9 Å². The number of rotatable bonds is 3. The molecular weight excluding hydrogens is 234 g/mol. The molecule has 1 amide bonds. The minimum Gasteiger partial charge on any atom is -0.327 e. The summed E-state index contributed by atoms with van der Waals surface area (Å²) in [6.45, 7) is 0. The quantitative estimate of drug-likeness (QED) is 0.628. The molecule has 0 saturated heterocycles. The smallest absolute Gasteiger partial charge is 0.292 e. The van der Waals surface area contributed by atoms with Crippen LogP contribution in [0.2, 0.25) is 0 Å². The molecule has 0 radical (unpaired) electrons. The van der Waals surface area contributed by atoms with Gasteiger partial charge >= 0.3 is 0 Å². The Labute approximate surface area is 104 Å². The van der Waals surface area contributed by atoms with Gasteiger partial charge in [0, 0.05) is 12.1 Å². The Bertz CT molecular complexity index is 475. The molecule has 1 aliphatic rings. The van der Waals surface area contributed by atoms with Crippen molar-refractivity contribution in [3.05, 3.63) is 34.4 Å². The van der Waals surface area contributed by atoms with Crippen molar-refractivity contribution in [3.8, 4) is 0 Å². The van der Waals surface area contributed by atoms with Gasteiger partial charge in [0.15, 0.2) is 0 Å². The van der Waals surface area contributed by atoms with E-state index in [4.69, 9.17) is 5.73 Å². The summed E-state index contributed by atoms with van der Waals surface area (Å²) < 4.78 is 0. The van der Waals surface area contributed by atoms with Crippen molar-refractivity contribution in [2.45, 2.75) is 25.3 Å². The average molecular weight is 249 g/mol. The normalized spacial score (nSPS) is 22.7. The highest BCUT2D eigenvalue weighted by Crippen LogP contribution is 2.28. The van der Waals surface area contributed by atoms with Gasteiger partial charge < -0.3 is 11.1 Å². The van der Waals surface area contributed by atoms with Crippen LogP contribution in [0.4, 0.5) is 11.4 Å². The summed E-state index contributed by atoms with van der Waals surface area (Å²) in [5.74, 6) is -0.473. The van der Waals surface area contributed by atoms with Gasteiger partial charge in [-0.15, -0.1) is 0 Å². The van der Waals surface area contributed by atoms with E-state index >= 15 is 0 Å². The lowest BCUT2D eigenvalue weighted by atomic mass is 10.0. The fraction of sp³-hybridized carbons (Fsp3) is 0.417. The Morgan fingerprint density at radius 1 is 1.39 bits per heavy atom. The topological polar surface area (TPSA) is 98.3 Å². The second-order valence-corrected chi connectivity index (χ2v) is 4.46. The van der Waals surface area contributed by atoms with Crippen molar-refractivity contribution in [1.29, 1.82) is 0 Å². The number of nitrogens with two attached hydrogens (primary N) is 1. The van der Waals surface area contributed by atoms with Gasteiger partial charge in [-0.2, -0.15) is 0 Å². The highest BCUT2D eigenvalue weighted by molar-refractivity contribution is 5.95. The Kier molecular flexibility index (Phi) is 3.57. The standard InChI is InChI=1S/C12H15N3O3/c13-9-5-3-4-8(9)12(16)14-10-6-1-2-7-11(10)15(17)18/h1-2,6-9H,3-5,13H2,(H,14,16). The van der Waals surface area contributed by atoms with E-state index < -0.39 is 4.92 Å². The number of nitro groups is 1. The van der Waals surface area contributed by atoms with Gasteiger partial charge in [-0.1, -0.05) is 18.6 Å². The first-order chi connectivity index (χ1) is 8.59. The lowest BCUT2D eigenvalue weighted by Gasteiger charge is -2.15. The SMILES string of the molecule is NC1CCCC1C(=O)Nc1ccccc1[N+](=O)[O-]. The molecule has 1 aliphatic carbocycles. The van der Waals surface area contributed by atoms with Crippen molar-refractivity contribution in [1.82, 2.24) is 0 Å². The Morgan fingerprint density at radius 3 is 2.72 bits per heavy atom. The van der Waals surface area contributed by atoms with Crippen LogP contribution in [0.15, 0.2) is 24.3 Å². The fourth-order valence-corrected chi connectivity index (χ4v) is 2.28. The number of anilines is 1. The van der Waals surface area contributed by atoms with E-state index in [1.54, 1.807) is 12.1 Å². The minimum atomic E-state index is -0.510. The zero-order chi connectivity index (χ0) is 13.1. The second kappa shape index (κ2) is 5.14. The molecule has 2 rings (SSSR count). The van der Waals surface area contributed by atoms with E-state index in [0.29, 0.717) is 0 Å². The second-order valence-electron chi connectivity index (χ2n) is 4.46. The molecule has 0 spiro atoms. The summed E-state index contributed by atoms with van der Waals surface area (Å²) in [4.78, 5) is 22.3. The molecule has 0 aromatic heterocycles. The number of hydrogen-bond donors (Lipinski definition) is 2. The van der Waals surface area contributed by atoms with E-state index in [1.807, 2.05) is 0 Å². The highest BCUT2D eigenvalue weighted by Gasteiger charge is 2.31. The number of hydrogen-bond acceptors (Lipinski definition) is 4. The van der Waals surface area contributed by atoms with E-state index in [1.165, 1.54) is 12.1 Å². The van der Waals surface area contributed by atoms with Gasteiger partial charge in [0.1, 0.15) is 5.69 Å². The maximum atomic E-state index is 12.0. The minimum absolute atomic E-state index is 0.0996. The average Bonchev–Trinajstić information content (AvgIpc) is 2.76. The van der Waals surface area contributed by atoms with Crippen LogP contribution in [0.1, 0.15) is 19.3 Å². The first kappa shape index (κ1) is 12.5. The Balaban J connectivity index is 2.14. The zero-order valence-corrected chi connectivity index (χ0v) is 9.83. The lowest BCUT2D eigenvalue weighted by molar-refractivity contribution is -0.383. The van der Waals surface area contributed by atoms with Crippen LogP contribution < -0.4 is 11.1 Å². The monoisotopic (exact) mass is 249 g/mol. The van der Waals surface area contributed by atoms with Crippen LogP contribution in [-0.4, -0.2) is 16.9 Å². The summed E-state index contributed by atoms with van der Waals surface area (Å²) in [5, 5.41) is 13.4. The molecule has 1 saturated carbocycles. The van der Waals surface area contributed by atoms with Crippen LogP contribution in [-0.2, 0) is 4.79 Å². The molecule has 1 fully saturated rings. The van der Waals surface area contributed by atoms with E-state index in [2.05, 4.69) is 5.32 Å². The summed E-state index contributed by atoms with van der Waals surface area (Å²) >= 11 is 0. The zero-order valence-electron chi connectivity index (χ0n) is 9.83. The van der Waals surface area contributed by atoms with Crippen molar-refractivity contribution >= 4 is 17.3 Å². The molecule has 3 N–H and O–H groups in total. The van der Waals surface area contributed by atoms with E-state index in [0.717, 1.165) is 19.3 Å². The van der Waals surface area contributed by atoms with Crippen molar-refractivity contribution in [3.63, 3.8) is 0 Å². The number of amides is 1. The molecule has 0 heterocycles. The Hall–Kier alpha value is -1.95. The molecule has 96 valence electrons. The van der Waals surface area contributed by atoms with E-state index in [9.17, 15) is 14.9 Å². The van der Waals surface area contributed by atoms with Crippen LogP contribution >= 0.6 is 0 Å². The number of nitro benzene ring substituents is 1. The number of para-hydroxylation sites is 2. The first-order valence-electron chi connectivity index (χ1n) is 5.89. The van der Waals surface area contributed by atoms with Gasteiger partial charge in [-0.25, -0.2) is 0 Å².